The maximum atomic E-state index is 9.28. The molecule has 160 valence electrons. The van der Waals surface area contributed by atoms with Crippen molar-refractivity contribution in [1.82, 2.24) is 9.97 Å². The molecular formula is C24H37N3O2. The molecule has 0 unspecified atom stereocenters. The molecule has 0 aliphatic heterocycles. The molecule has 0 radical (unpaired) electrons. The van der Waals surface area contributed by atoms with Crippen LogP contribution in [0.1, 0.15) is 103 Å². The minimum atomic E-state index is 0.372. The lowest BCUT2D eigenvalue weighted by atomic mass is 10.1. The Morgan fingerprint density at radius 1 is 0.966 bits per heavy atom. The summed E-state index contributed by atoms with van der Waals surface area (Å²) in [4.78, 5) is 8.44. The number of pyridine rings is 1. The number of unbranched alkanes of at least 4 members (excludes halogenated alkanes) is 11. The molecule has 0 spiro atoms. The molecule has 0 amide bonds. The Bertz CT molecular complexity index is 704. The van der Waals surface area contributed by atoms with Gasteiger partial charge in [-0.05, 0) is 50.7 Å². The minimum absolute atomic E-state index is 0.372. The molecule has 2 heterocycles. The summed E-state index contributed by atoms with van der Waals surface area (Å²) in [5.41, 5.74) is 1.67. The number of fused-ring (bicyclic) bond motifs is 1. The number of oxime groups is 1. The van der Waals surface area contributed by atoms with Crippen molar-refractivity contribution in [2.75, 3.05) is 0 Å². The summed E-state index contributed by atoms with van der Waals surface area (Å²) in [6.07, 6.45) is 23.5. The third kappa shape index (κ3) is 9.25. The lowest BCUT2D eigenvalue weighted by Gasteiger charge is -2.01. The summed E-state index contributed by atoms with van der Waals surface area (Å²) in [5.74, 6) is 0.372. The van der Waals surface area contributed by atoms with Crippen molar-refractivity contribution in [3.8, 4) is 0 Å². The van der Waals surface area contributed by atoms with E-state index in [4.69, 9.17) is 4.42 Å². The van der Waals surface area contributed by atoms with Gasteiger partial charge in [0.2, 0.25) is 5.89 Å². The fourth-order valence-electron chi connectivity index (χ4n) is 3.46. The van der Waals surface area contributed by atoms with Crippen molar-refractivity contribution in [3.05, 3.63) is 36.4 Å². The number of aromatic nitrogens is 2. The number of allylic oxidation sites excluding steroid dienone is 2. The Labute approximate surface area is 175 Å². The molecular weight excluding hydrogens is 362 g/mol. The molecule has 0 atom stereocenters. The van der Waals surface area contributed by atoms with Crippen molar-refractivity contribution in [3.63, 3.8) is 0 Å². The van der Waals surface area contributed by atoms with Gasteiger partial charge < -0.3 is 9.62 Å². The van der Waals surface area contributed by atoms with Crippen molar-refractivity contribution in [2.24, 2.45) is 5.16 Å². The third-order valence-electron chi connectivity index (χ3n) is 5.21. The molecule has 0 bridgehead atoms. The van der Waals surface area contributed by atoms with E-state index in [0.717, 1.165) is 12.8 Å². The van der Waals surface area contributed by atoms with E-state index in [-0.39, 0.29) is 0 Å². The van der Waals surface area contributed by atoms with E-state index in [2.05, 4.69) is 34.2 Å². The van der Waals surface area contributed by atoms with E-state index in [1.807, 2.05) is 6.07 Å². The maximum absolute atomic E-state index is 9.28. The second-order valence-electron chi connectivity index (χ2n) is 7.73. The van der Waals surface area contributed by atoms with Crippen LogP contribution in [0.15, 0.2) is 40.1 Å². The fourth-order valence-corrected chi connectivity index (χ4v) is 3.46. The van der Waals surface area contributed by atoms with Crippen LogP contribution in [0.4, 0.5) is 0 Å². The first kappa shape index (κ1) is 23.1. The summed E-state index contributed by atoms with van der Waals surface area (Å²) in [7, 11) is 0. The molecule has 2 rings (SSSR count). The van der Waals surface area contributed by atoms with Gasteiger partial charge in [-0.1, -0.05) is 75.6 Å². The Balaban J connectivity index is 1.47. The molecule has 0 aliphatic carbocycles. The number of oxazole rings is 1. The van der Waals surface area contributed by atoms with Gasteiger partial charge in [0.05, 0.1) is 0 Å². The van der Waals surface area contributed by atoms with E-state index >= 15 is 0 Å². The lowest BCUT2D eigenvalue weighted by Crippen LogP contribution is -2.01. The molecule has 2 aromatic rings. The summed E-state index contributed by atoms with van der Waals surface area (Å²) in [6, 6.07) is 3.62. The van der Waals surface area contributed by atoms with Crippen molar-refractivity contribution >= 4 is 16.9 Å². The van der Waals surface area contributed by atoms with Crippen molar-refractivity contribution in [2.45, 2.75) is 96.8 Å². The molecule has 0 aliphatic rings. The highest BCUT2D eigenvalue weighted by Crippen LogP contribution is 2.16. The van der Waals surface area contributed by atoms with Gasteiger partial charge in [-0.25, -0.2) is 4.98 Å². The van der Waals surface area contributed by atoms with Gasteiger partial charge in [0.15, 0.2) is 11.2 Å². The zero-order valence-corrected chi connectivity index (χ0v) is 18.0. The van der Waals surface area contributed by atoms with Gasteiger partial charge in [0, 0.05) is 6.20 Å². The van der Waals surface area contributed by atoms with Crippen molar-refractivity contribution in [1.29, 1.82) is 0 Å². The molecule has 2 aromatic heterocycles. The summed E-state index contributed by atoms with van der Waals surface area (Å²) >= 11 is 0. The molecule has 0 saturated heterocycles. The van der Waals surface area contributed by atoms with Gasteiger partial charge in [-0.15, -0.1) is 0 Å². The van der Waals surface area contributed by atoms with Crippen LogP contribution in [0.25, 0.3) is 11.2 Å². The minimum Gasteiger partial charge on any atom is -0.433 e. The molecule has 1 N–H and O–H groups in total. The van der Waals surface area contributed by atoms with Crippen LogP contribution in [0, 0.1) is 0 Å². The Morgan fingerprint density at radius 3 is 2.28 bits per heavy atom. The predicted molar refractivity (Wildman–Crippen MR) is 120 cm³/mol. The van der Waals surface area contributed by atoms with Gasteiger partial charge in [-0.3, -0.25) is 0 Å². The Hall–Kier alpha value is -2.17. The highest BCUT2D eigenvalue weighted by molar-refractivity contribution is 5.97. The predicted octanol–water partition coefficient (Wildman–Crippen LogP) is 7.44. The van der Waals surface area contributed by atoms with Crippen LogP contribution in [0.5, 0.6) is 0 Å². The molecule has 0 fully saturated rings. The third-order valence-corrected chi connectivity index (χ3v) is 5.21. The van der Waals surface area contributed by atoms with Crippen LogP contribution in [-0.4, -0.2) is 20.9 Å². The number of rotatable bonds is 16. The lowest BCUT2D eigenvalue weighted by molar-refractivity contribution is 0.316. The summed E-state index contributed by atoms with van der Waals surface area (Å²) in [5, 5.41) is 12.7. The average Bonchev–Trinajstić information content (AvgIpc) is 3.17. The Morgan fingerprint density at radius 2 is 1.62 bits per heavy atom. The normalized spacial score (nSPS) is 12.4. The first-order valence-electron chi connectivity index (χ1n) is 11.4. The van der Waals surface area contributed by atoms with E-state index < -0.39 is 0 Å². The van der Waals surface area contributed by atoms with E-state index in [0.29, 0.717) is 29.3 Å². The van der Waals surface area contributed by atoms with E-state index in [1.165, 1.54) is 70.6 Å². The first-order chi connectivity index (χ1) is 14.3. The zero-order valence-electron chi connectivity index (χ0n) is 18.0. The van der Waals surface area contributed by atoms with Gasteiger partial charge in [-0.2, -0.15) is 4.98 Å². The first-order valence-corrected chi connectivity index (χ1v) is 11.4. The van der Waals surface area contributed by atoms with Crippen LogP contribution >= 0.6 is 0 Å². The highest BCUT2D eigenvalue weighted by Gasteiger charge is 2.13. The summed E-state index contributed by atoms with van der Waals surface area (Å²) in [6.45, 7) is 2.27. The molecule has 0 aromatic carbocycles. The van der Waals surface area contributed by atoms with Crippen LogP contribution < -0.4 is 0 Å². The Kier molecular flexibility index (Phi) is 11.8. The standard InChI is InChI=1S/C24H37N3O2/c1-2-3-4-5-6-7-8-9-10-11-12-13-14-15-16-18-21(27-28)24-26-23-22(29-24)19-17-20-25-23/h9-10,17,19-20,28H,2-8,11-16,18H2,1H3/b10-9-,27-21-. The summed E-state index contributed by atoms with van der Waals surface area (Å²) < 4.78 is 5.62. The fraction of sp³-hybridized carbons (Fsp3) is 0.625. The second-order valence-corrected chi connectivity index (χ2v) is 7.73. The quantitative estimate of drug-likeness (QED) is 0.105. The van der Waals surface area contributed by atoms with E-state index in [1.54, 1.807) is 12.3 Å². The van der Waals surface area contributed by atoms with Crippen LogP contribution in [0.3, 0.4) is 0 Å². The second kappa shape index (κ2) is 14.8. The molecule has 29 heavy (non-hydrogen) atoms. The maximum Gasteiger partial charge on any atom is 0.246 e. The molecule has 5 nitrogen and oxygen atoms in total. The average molecular weight is 400 g/mol. The number of nitrogens with zero attached hydrogens (tertiary/aromatic N) is 3. The SMILES string of the molecule is CCCCCCCC/C=C\CCCCCCC/C(=N/O)c1nc2ncccc2o1. The van der Waals surface area contributed by atoms with E-state index in [9.17, 15) is 5.21 Å². The highest BCUT2D eigenvalue weighted by atomic mass is 16.4. The number of hydrogen-bond donors (Lipinski definition) is 1. The molecule has 0 saturated carbocycles. The largest absolute Gasteiger partial charge is 0.433 e. The smallest absolute Gasteiger partial charge is 0.246 e. The van der Waals surface area contributed by atoms with Gasteiger partial charge in [0.25, 0.3) is 0 Å². The topological polar surface area (TPSA) is 71.5 Å². The van der Waals surface area contributed by atoms with Gasteiger partial charge >= 0.3 is 0 Å². The van der Waals surface area contributed by atoms with Crippen molar-refractivity contribution < 1.29 is 9.62 Å². The molecule has 5 heteroatoms. The van der Waals surface area contributed by atoms with Gasteiger partial charge in [0.1, 0.15) is 5.71 Å². The van der Waals surface area contributed by atoms with Crippen LogP contribution in [0.2, 0.25) is 0 Å². The van der Waals surface area contributed by atoms with Crippen LogP contribution in [-0.2, 0) is 0 Å². The monoisotopic (exact) mass is 399 g/mol. The number of hydrogen-bond acceptors (Lipinski definition) is 5. The zero-order chi connectivity index (χ0) is 20.6.